The minimum atomic E-state index is 0.857. The molecule has 0 aliphatic rings. The maximum atomic E-state index is 6.85. The maximum Gasteiger partial charge on any atom is 0.106 e. The summed E-state index contributed by atoms with van der Waals surface area (Å²) in [6.45, 7) is 0. The fourth-order valence-electron chi connectivity index (χ4n) is 0.963. The number of nitrogens with one attached hydrogen (secondary N) is 1. The van der Waals surface area contributed by atoms with Gasteiger partial charge in [-0.3, -0.25) is 0 Å². The van der Waals surface area contributed by atoms with Crippen LogP contribution in [0, 0.1) is 5.41 Å². The molecule has 0 saturated carbocycles. The molecule has 64 valence electrons. The predicted molar refractivity (Wildman–Crippen MR) is 53.7 cm³/mol. The van der Waals surface area contributed by atoms with Crippen LogP contribution in [0.4, 0.5) is 0 Å². The summed E-state index contributed by atoms with van der Waals surface area (Å²) in [5.74, 6) is 0. The summed E-state index contributed by atoms with van der Waals surface area (Å²) in [4.78, 5) is 4.12. The molecule has 0 bridgehead atoms. The van der Waals surface area contributed by atoms with Gasteiger partial charge in [-0.15, -0.1) is 0 Å². The van der Waals surface area contributed by atoms with Gasteiger partial charge in [0.2, 0.25) is 0 Å². The van der Waals surface area contributed by atoms with Crippen molar-refractivity contribution in [1.82, 2.24) is 4.98 Å². The Bertz CT molecular complexity index is 243. The first kappa shape index (κ1) is 9.39. The largest absolute Gasteiger partial charge is 0.313 e. The highest BCUT2D eigenvalue weighted by Crippen LogP contribution is 2.08. The van der Waals surface area contributed by atoms with Crippen molar-refractivity contribution in [1.29, 1.82) is 5.41 Å². The molecule has 0 atom stereocenters. The van der Waals surface area contributed by atoms with Gasteiger partial charge in [0.25, 0.3) is 0 Å². The second-order valence-electron chi connectivity index (χ2n) is 2.59. The van der Waals surface area contributed by atoms with Crippen molar-refractivity contribution in [3.63, 3.8) is 0 Å². The zero-order valence-corrected chi connectivity index (χ0v) is 8.34. The minimum Gasteiger partial charge on any atom is -0.313 e. The molecule has 0 aliphatic carbocycles. The molecule has 0 spiro atoms. The Kier molecular flexibility index (Phi) is 3.94. The van der Waals surface area contributed by atoms with Crippen molar-refractivity contribution in [3.05, 3.63) is 28.5 Å². The number of pyridine rings is 1. The van der Waals surface area contributed by atoms with Crippen LogP contribution in [0.15, 0.2) is 22.9 Å². The molecule has 0 saturated heterocycles. The molecule has 0 fully saturated rings. The molecule has 1 rings (SSSR count). The van der Waals surface area contributed by atoms with E-state index in [1.807, 2.05) is 12.3 Å². The van der Waals surface area contributed by atoms with E-state index < -0.39 is 0 Å². The molecule has 1 aromatic heterocycles. The van der Waals surface area contributed by atoms with Gasteiger partial charge in [0.1, 0.15) is 4.60 Å². The maximum absolute atomic E-state index is 6.85. The van der Waals surface area contributed by atoms with Crippen LogP contribution in [-0.2, 0) is 6.42 Å². The average molecular weight is 227 g/mol. The molecule has 1 aromatic rings. The van der Waals surface area contributed by atoms with Gasteiger partial charge in [-0.1, -0.05) is 6.07 Å². The van der Waals surface area contributed by atoms with Crippen LogP contribution in [0.2, 0.25) is 0 Å². The number of rotatable bonds is 4. The zero-order chi connectivity index (χ0) is 8.81. The number of hydrogen-bond acceptors (Lipinski definition) is 2. The number of hydrogen-bond donors (Lipinski definition) is 1. The van der Waals surface area contributed by atoms with Crippen LogP contribution in [0.25, 0.3) is 0 Å². The highest BCUT2D eigenvalue weighted by atomic mass is 79.9. The third kappa shape index (κ3) is 3.13. The lowest BCUT2D eigenvalue weighted by Crippen LogP contribution is -1.87. The van der Waals surface area contributed by atoms with E-state index in [-0.39, 0.29) is 0 Å². The summed E-state index contributed by atoms with van der Waals surface area (Å²) in [6.07, 6.45) is 6.22. The number of unbranched alkanes of at least 4 members (excludes halogenated alkanes) is 1. The van der Waals surface area contributed by atoms with Crippen LogP contribution in [0.5, 0.6) is 0 Å². The normalized spacial score (nSPS) is 9.75. The Balaban J connectivity index is 2.42. The molecule has 0 radical (unpaired) electrons. The van der Waals surface area contributed by atoms with Gasteiger partial charge in [0.15, 0.2) is 0 Å². The average Bonchev–Trinajstić information content (AvgIpc) is 2.09. The fraction of sp³-hybridized carbons (Fsp3) is 0.333. The fourth-order valence-corrected chi connectivity index (χ4v) is 1.20. The quantitative estimate of drug-likeness (QED) is 0.479. The van der Waals surface area contributed by atoms with E-state index in [1.165, 1.54) is 11.8 Å². The number of halogens is 1. The second-order valence-corrected chi connectivity index (χ2v) is 3.40. The molecule has 1 heterocycles. The summed E-state index contributed by atoms with van der Waals surface area (Å²) < 4.78 is 0.873. The van der Waals surface area contributed by atoms with Gasteiger partial charge >= 0.3 is 0 Å². The summed E-state index contributed by atoms with van der Waals surface area (Å²) in [5.41, 5.74) is 1.24. The Labute approximate surface area is 80.7 Å². The molecule has 0 amide bonds. The molecule has 12 heavy (non-hydrogen) atoms. The monoisotopic (exact) mass is 226 g/mol. The molecule has 3 heteroatoms. The number of nitrogens with zero attached hydrogens (tertiary/aromatic N) is 1. The number of aryl methyl sites for hydroxylation is 1. The van der Waals surface area contributed by atoms with E-state index in [9.17, 15) is 0 Å². The summed E-state index contributed by atoms with van der Waals surface area (Å²) in [7, 11) is 0. The van der Waals surface area contributed by atoms with Crippen molar-refractivity contribution in [3.8, 4) is 0 Å². The first-order valence-corrected chi connectivity index (χ1v) is 4.71. The summed E-state index contributed by atoms with van der Waals surface area (Å²) >= 11 is 3.28. The van der Waals surface area contributed by atoms with Gasteiger partial charge in [-0.25, -0.2) is 4.98 Å². The SMILES string of the molecule is N=CCCCc1ccc(Br)nc1. The molecular weight excluding hydrogens is 216 g/mol. The lowest BCUT2D eigenvalue weighted by Gasteiger charge is -1.97. The van der Waals surface area contributed by atoms with Crippen molar-refractivity contribution < 1.29 is 0 Å². The van der Waals surface area contributed by atoms with E-state index in [2.05, 4.69) is 27.0 Å². The molecule has 1 N–H and O–H groups in total. The molecule has 0 aliphatic heterocycles. The summed E-state index contributed by atoms with van der Waals surface area (Å²) in [6, 6.07) is 4.00. The first-order chi connectivity index (χ1) is 5.83. The highest BCUT2D eigenvalue weighted by Gasteiger charge is 1.92. The first-order valence-electron chi connectivity index (χ1n) is 3.92. The van der Waals surface area contributed by atoms with E-state index >= 15 is 0 Å². The third-order valence-electron chi connectivity index (χ3n) is 1.60. The minimum absolute atomic E-state index is 0.857. The van der Waals surface area contributed by atoms with Crippen LogP contribution in [0.1, 0.15) is 18.4 Å². The Morgan fingerprint density at radius 3 is 2.92 bits per heavy atom. The zero-order valence-electron chi connectivity index (χ0n) is 6.76. The van der Waals surface area contributed by atoms with Gasteiger partial charge in [-0.2, -0.15) is 0 Å². The lowest BCUT2D eigenvalue weighted by atomic mass is 10.1. The molecule has 0 aromatic carbocycles. The van der Waals surface area contributed by atoms with Gasteiger partial charge in [0.05, 0.1) is 0 Å². The van der Waals surface area contributed by atoms with E-state index in [1.54, 1.807) is 0 Å². The second kappa shape index (κ2) is 5.04. The molecule has 0 unspecified atom stereocenters. The van der Waals surface area contributed by atoms with Crippen LogP contribution in [-0.4, -0.2) is 11.2 Å². The smallest absolute Gasteiger partial charge is 0.106 e. The van der Waals surface area contributed by atoms with Gasteiger partial charge in [0, 0.05) is 6.20 Å². The van der Waals surface area contributed by atoms with E-state index in [4.69, 9.17) is 5.41 Å². The predicted octanol–water partition coefficient (Wildman–Crippen LogP) is 2.82. The van der Waals surface area contributed by atoms with Gasteiger partial charge in [-0.05, 0) is 53.0 Å². The van der Waals surface area contributed by atoms with E-state index in [0.29, 0.717) is 0 Å². The highest BCUT2D eigenvalue weighted by molar-refractivity contribution is 9.10. The van der Waals surface area contributed by atoms with Crippen molar-refractivity contribution in [2.24, 2.45) is 0 Å². The van der Waals surface area contributed by atoms with Crippen molar-refractivity contribution >= 4 is 22.1 Å². The van der Waals surface area contributed by atoms with Gasteiger partial charge < -0.3 is 5.41 Å². The molecular formula is C9H11BrN2. The van der Waals surface area contributed by atoms with Crippen molar-refractivity contribution in [2.45, 2.75) is 19.3 Å². The Morgan fingerprint density at radius 1 is 1.50 bits per heavy atom. The van der Waals surface area contributed by atoms with Crippen LogP contribution < -0.4 is 0 Å². The van der Waals surface area contributed by atoms with Crippen molar-refractivity contribution in [2.75, 3.05) is 0 Å². The number of aromatic nitrogens is 1. The Hall–Kier alpha value is -0.700. The third-order valence-corrected chi connectivity index (χ3v) is 2.07. The Morgan fingerprint density at radius 2 is 2.33 bits per heavy atom. The lowest BCUT2D eigenvalue weighted by molar-refractivity contribution is 0.865. The van der Waals surface area contributed by atoms with Crippen LogP contribution in [0.3, 0.4) is 0 Å². The summed E-state index contributed by atoms with van der Waals surface area (Å²) in [5, 5.41) is 6.85. The molecule has 2 nitrogen and oxygen atoms in total. The standard InChI is InChI=1S/C9H11BrN2/c10-9-5-4-8(7-12-9)3-1-2-6-11/h4-7,11H,1-3H2. The van der Waals surface area contributed by atoms with Crippen LogP contribution >= 0.6 is 15.9 Å². The van der Waals surface area contributed by atoms with E-state index in [0.717, 1.165) is 23.9 Å². The topological polar surface area (TPSA) is 36.7 Å².